The minimum atomic E-state index is -4.45. The van der Waals surface area contributed by atoms with Crippen LogP contribution in [0.5, 0.6) is 5.75 Å². The molecule has 1 aliphatic heterocycles. The van der Waals surface area contributed by atoms with E-state index in [1.807, 2.05) is 0 Å². The highest BCUT2D eigenvalue weighted by Crippen LogP contribution is 2.39. The van der Waals surface area contributed by atoms with Crippen molar-refractivity contribution in [3.8, 4) is 5.75 Å². The molecule has 0 aliphatic carbocycles. The van der Waals surface area contributed by atoms with Crippen molar-refractivity contribution in [2.75, 3.05) is 24.0 Å². The molecule has 0 unspecified atom stereocenters. The largest absolute Gasteiger partial charge is 0.497 e. The van der Waals surface area contributed by atoms with Gasteiger partial charge in [-0.15, -0.1) is 0 Å². The Morgan fingerprint density at radius 2 is 1.69 bits per heavy atom. The fourth-order valence-electron chi connectivity index (χ4n) is 4.09. The molecule has 0 spiro atoms. The van der Waals surface area contributed by atoms with E-state index < -0.39 is 23.0 Å². The van der Waals surface area contributed by atoms with Crippen molar-refractivity contribution >= 4 is 41.0 Å². The van der Waals surface area contributed by atoms with Crippen LogP contribution in [0.15, 0.2) is 71.8 Å². The zero-order chi connectivity index (χ0) is 28.5. The summed E-state index contributed by atoms with van der Waals surface area (Å²) >= 11 is -0.280. The number of carbonyl (C=O) groups excluding carboxylic acids is 3. The highest BCUT2D eigenvalue weighted by molar-refractivity contribution is 8.00. The summed E-state index contributed by atoms with van der Waals surface area (Å²) in [7, 11) is 3.16. The molecule has 1 fully saturated rings. The van der Waals surface area contributed by atoms with E-state index in [1.165, 1.54) is 40.3 Å². The molecular weight excluding hydrogens is 533 g/mol. The van der Waals surface area contributed by atoms with Crippen molar-refractivity contribution in [3.05, 3.63) is 78.1 Å². The van der Waals surface area contributed by atoms with Gasteiger partial charge < -0.3 is 14.5 Å². The van der Waals surface area contributed by atoms with Crippen LogP contribution in [0.1, 0.15) is 29.9 Å². The van der Waals surface area contributed by atoms with Crippen molar-refractivity contribution < 1.29 is 32.3 Å². The number of urea groups is 1. The van der Waals surface area contributed by atoms with E-state index in [9.17, 15) is 27.6 Å². The fraction of sp³-hybridized carbons (Fsp3) is 0.259. The minimum absolute atomic E-state index is 0.00509. The normalized spacial score (nSPS) is 15.1. The number of carbonyl (C=O) groups is 3. The van der Waals surface area contributed by atoms with Gasteiger partial charge in [-0.3, -0.25) is 14.6 Å². The van der Waals surface area contributed by atoms with E-state index in [1.54, 1.807) is 64.4 Å². The number of alkyl halides is 3. The molecule has 4 amide bonds. The molecule has 0 bridgehead atoms. The van der Waals surface area contributed by atoms with Crippen molar-refractivity contribution in [1.29, 1.82) is 0 Å². The maximum atomic E-state index is 13.4. The molecule has 4 rings (SSSR count). The number of hydrogen-bond acceptors (Lipinski definition) is 6. The summed E-state index contributed by atoms with van der Waals surface area (Å²) in [5.41, 5.74) is -4.18. The van der Waals surface area contributed by atoms with Gasteiger partial charge in [-0.1, -0.05) is 0 Å². The van der Waals surface area contributed by atoms with E-state index in [4.69, 9.17) is 4.74 Å². The Morgan fingerprint density at radius 1 is 1.05 bits per heavy atom. The van der Waals surface area contributed by atoms with E-state index in [0.29, 0.717) is 17.0 Å². The van der Waals surface area contributed by atoms with E-state index >= 15 is 0 Å². The SMILES string of the molecule is COc1ccc(N(C)C(=O)c2cc(CN3C(=O)N(c4ccc(SC(F)(F)F)cc4)C(=O)C3(C)C)ccn2)cc1. The van der Waals surface area contributed by atoms with Gasteiger partial charge in [0.05, 0.1) is 12.8 Å². The number of amides is 4. The Balaban J connectivity index is 1.53. The lowest BCUT2D eigenvalue weighted by atomic mass is 10.0. The van der Waals surface area contributed by atoms with Crippen LogP contribution in [0, 0.1) is 0 Å². The Hall–Kier alpha value is -4.06. The Morgan fingerprint density at radius 3 is 2.28 bits per heavy atom. The third-order valence-corrected chi connectivity index (χ3v) is 7.04. The van der Waals surface area contributed by atoms with Gasteiger partial charge in [0.25, 0.3) is 11.8 Å². The number of imide groups is 1. The molecule has 2 heterocycles. The predicted molar refractivity (Wildman–Crippen MR) is 141 cm³/mol. The van der Waals surface area contributed by atoms with Crippen molar-refractivity contribution in [1.82, 2.24) is 9.88 Å². The number of hydrogen-bond donors (Lipinski definition) is 0. The Labute approximate surface area is 227 Å². The molecule has 2 aromatic carbocycles. The number of thioether (sulfide) groups is 1. The summed E-state index contributed by atoms with van der Waals surface area (Å²) in [6.45, 7) is 3.18. The van der Waals surface area contributed by atoms with Crippen LogP contribution < -0.4 is 14.5 Å². The summed E-state index contributed by atoms with van der Waals surface area (Å²) in [6.07, 6.45) is 1.45. The van der Waals surface area contributed by atoms with Crippen molar-refractivity contribution in [2.45, 2.75) is 36.3 Å². The highest BCUT2D eigenvalue weighted by atomic mass is 32.2. The zero-order valence-electron chi connectivity index (χ0n) is 21.5. The lowest BCUT2D eigenvalue weighted by Gasteiger charge is -2.28. The number of nitrogens with zero attached hydrogens (tertiary/aromatic N) is 4. The summed E-state index contributed by atoms with van der Waals surface area (Å²) in [6, 6.07) is 14.6. The van der Waals surface area contributed by atoms with Gasteiger partial charge in [-0.2, -0.15) is 13.2 Å². The third kappa shape index (κ3) is 5.85. The van der Waals surface area contributed by atoms with Gasteiger partial charge >= 0.3 is 11.5 Å². The number of ether oxygens (including phenoxy) is 1. The molecule has 0 saturated carbocycles. The van der Waals surface area contributed by atoms with Crippen LogP contribution in [0.2, 0.25) is 0 Å². The van der Waals surface area contributed by atoms with Crippen LogP contribution in [-0.2, 0) is 11.3 Å². The number of benzene rings is 2. The summed E-state index contributed by atoms with van der Waals surface area (Å²) < 4.78 is 43.2. The highest BCUT2D eigenvalue weighted by Gasteiger charge is 2.51. The van der Waals surface area contributed by atoms with Gasteiger partial charge in [0.1, 0.15) is 17.0 Å². The number of aromatic nitrogens is 1. The monoisotopic (exact) mass is 558 g/mol. The first-order chi connectivity index (χ1) is 18.3. The number of methoxy groups -OCH3 is 1. The zero-order valence-corrected chi connectivity index (χ0v) is 22.3. The Kier molecular flexibility index (Phi) is 7.60. The molecule has 1 saturated heterocycles. The summed E-state index contributed by atoms with van der Waals surface area (Å²) in [5.74, 6) is -0.241. The molecule has 3 aromatic rings. The van der Waals surface area contributed by atoms with Crippen LogP contribution in [0.4, 0.5) is 29.3 Å². The average Bonchev–Trinajstić information content (AvgIpc) is 3.06. The second kappa shape index (κ2) is 10.6. The number of pyridine rings is 1. The second-order valence-electron chi connectivity index (χ2n) is 9.22. The summed E-state index contributed by atoms with van der Waals surface area (Å²) in [4.78, 5) is 47.5. The smallest absolute Gasteiger partial charge is 0.446 e. The van der Waals surface area contributed by atoms with Gasteiger partial charge in [0, 0.05) is 30.4 Å². The fourth-order valence-corrected chi connectivity index (χ4v) is 4.63. The second-order valence-corrected chi connectivity index (χ2v) is 10.4. The molecule has 12 heteroatoms. The van der Waals surface area contributed by atoms with Crippen molar-refractivity contribution in [3.63, 3.8) is 0 Å². The summed E-state index contributed by atoms with van der Waals surface area (Å²) in [5, 5.41) is 0. The van der Waals surface area contributed by atoms with E-state index in [2.05, 4.69) is 4.98 Å². The molecule has 1 aromatic heterocycles. The standard InChI is InChI=1S/C27H25F3N4O4S/c1-26(2)24(36)34(19-7-11-21(12-8-19)39-27(28,29)30)25(37)33(26)16-17-13-14-31-22(15-17)23(35)32(3)18-5-9-20(38-4)10-6-18/h5-15H,16H2,1-4H3. The van der Waals surface area contributed by atoms with Gasteiger partial charge in [0.2, 0.25) is 0 Å². The molecule has 0 N–H and O–H groups in total. The molecule has 0 atom stereocenters. The molecule has 1 aliphatic rings. The minimum Gasteiger partial charge on any atom is -0.497 e. The van der Waals surface area contributed by atoms with Crippen LogP contribution in [-0.4, -0.2) is 52.9 Å². The number of anilines is 2. The molecule has 39 heavy (non-hydrogen) atoms. The first kappa shape index (κ1) is 28.0. The van der Waals surface area contributed by atoms with E-state index in [0.717, 1.165) is 4.90 Å². The maximum absolute atomic E-state index is 13.4. The molecule has 8 nitrogen and oxygen atoms in total. The first-order valence-corrected chi connectivity index (χ1v) is 12.5. The Bertz CT molecular complexity index is 1400. The van der Waals surface area contributed by atoms with Crippen LogP contribution in [0.25, 0.3) is 0 Å². The topological polar surface area (TPSA) is 83.0 Å². The quantitative estimate of drug-likeness (QED) is 0.272. The van der Waals surface area contributed by atoms with Gasteiger partial charge in [-0.05, 0) is 91.8 Å². The lowest BCUT2D eigenvalue weighted by molar-refractivity contribution is -0.123. The predicted octanol–water partition coefficient (Wildman–Crippen LogP) is 5.73. The number of rotatable bonds is 7. The third-order valence-electron chi connectivity index (χ3n) is 6.30. The van der Waals surface area contributed by atoms with Gasteiger partial charge in [-0.25, -0.2) is 9.69 Å². The van der Waals surface area contributed by atoms with Crippen LogP contribution >= 0.6 is 11.8 Å². The number of halogens is 3. The van der Waals surface area contributed by atoms with Crippen LogP contribution in [0.3, 0.4) is 0 Å². The average molecular weight is 559 g/mol. The molecule has 204 valence electrons. The van der Waals surface area contributed by atoms with Gasteiger partial charge in [0.15, 0.2) is 0 Å². The molecular formula is C27H25F3N4O4S. The first-order valence-electron chi connectivity index (χ1n) is 11.7. The lowest BCUT2D eigenvalue weighted by Crippen LogP contribution is -2.43. The molecule has 0 radical (unpaired) electrons. The van der Waals surface area contributed by atoms with Crippen molar-refractivity contribution in [2.24, 2.45) is 0 Å². The van der Waals surface area contributed by atoms with E-state index in [-0.39, 0.29) is 40.5 Å². The maximum Gasteiger partial charge on any atom is 0.446 e.